The molecule has 0 bridgehead atoms. The number of nitrogens with zero attached hydrogens (tertiary/aromatic N) is 3. The van der Waals surface area contributed by atoms with Crippen LogP contribution in [0.2, 0.25) is 0 Å². The SMILES string of the molecule is Cn1nc(-c2c(F)cncc2F)cc1N. The van der Waals surface area contributed by atoms with Crippen LogP contribution in [0.3, 0.4) is 0 Å². The number of hydrogen-bond acceptors (Lipinski definition) is 3. The van der Waals surface area contributed by atoms with E-state index in [1.165, 1.54) is 10.7 Å². The molecule has 0 aliphatic rings. The van der Waals surface area contributed by atoms with E-state index in [4.69, 9.17) is 5.73 Å². The molecule has 2 aromatic heterocycles. The maximum Gasteiger partial charge on any atom is 0.153 e. The number of aryl methyl sites for hydroxylation is 1. The number of pyridine rings is 1. The smallest absolute Gasteiger partial charge is 0.153 e. The third-order valence-electron chi connectivity index (χ3n) is 2.03. The number of nitrogens with two attached hydrogens (primary N) is 1. The van der Waals surface area contributed by atoms with Gasteiger partial charge in [0.2, 0.25) is 0 Å². The van der Waals surface area contributed by atoms with Crippen LogP contribution >= 0.6 is 0 Å². The standard InChI is InChI=1S/C9H8F2N4/c1-15-8(12)2-7(14-15)9-5(10)3-13-4-6(9)11/h2-4H,12H2,1H3. The second-order valence-corrected chi connectivity index (χ2v) is 3.06. The van der Waals surface area contributed by atoms with E-state index in [9.17, 15) is 8.78 Å². The predicted molar refractivity (Wildman–Crippen MR) is 50.8 cm³/mol. The van der Waals surface area contributed by atoms with Gasteiger partial charge in [-0.1, -0.05) is 0 Å². The molecular weight excluding hydrogens is 202 g/mol. The molecule has 4 nitrogen and oxygen atoms in total. The lowest BCUT2D eigenvalue weighted by molar-refractivity contribution is 0.577. The van der Waals surface area contributed by atoms with Crippen molar-refractivity contribution in [1.29, 1.82) is 0 Å². The summed E-state index contributed by atoms with van der Waals surface area (Å²) in [6.07, 6.45) is 1.87. The molecule has 0 aliphatic carbocycles. The third kappa shape index (κ3) is 1.54. The molecule has 2 N–H and O–H groups in total. The lowest BCUT2D eigenvalue weighted by Crippen LogP contribution is -1.97. The molecule has 2 rings (SSSR count). The van der Waals surface area contributed by atoms with Gasteiger partial charge in [-0.05, 0) is 0 Å². The van der Waals surface area contributed by atoms with Crippen LogP contribution in [0.5, 0.6) is 0 Å². The van der Waals surface area contributed by atoms with Crippen molar-refractivity contribution < 1.29 is 8.78 Å². The maximum atomic E-state index is 13.3. The number of rotatable bonds is 1. The van der Waals surface area contributed by atoms with Crippen molar-refractivity contribution in [1.82, 2.24) is 14.8 Å². The molecule has 2 heterocycles. The number of anilines is 1. The quantitative estimate of drug-likeness (QED) is 0.772. The Balaban J connectivity index is 2.63. The average Bonchev–Trinajstić information content (AvgIpc) is 2.46. The molecule has 15 heavy (non-hydrogen) atoms. The summed E-state index contributed by atoms with van der Waals surface area (Å²) < 4.78 is 27.9. The summed E-state index contributed by atoms with van der Waals surface area (Å²) in [7, 11) is 1.59. The van der Waals surface area contributed by atoms with Gasteiger partial charge in [0, 0.05) is 13.1 Å². The first-order chi connectivity index (χ1) is 7.09. The summed E-state index contributed by atoms with van der Waals surface area (Å²) >= 11 is 0. The van der Waals surface area contributed by atoms with Crippen LogP contribution in [0.1, 0.15) is 0 Å². The Labute approximate surface area is 84.4 Å². The molecule has 0 unspecified atom stereocenters. The number of nitrogen functional groups attached to an aromatic ring is 1. The fourth-order valence-electron chi connectivity index (χ4n) is 1.26. The summed E-state index contributed by atoms with van der Waals surface area (Å²) in [4.78, 5) is 3.38. The summed E-state index contributed by atoms with van der Waals surface area (Å²) in [5.74, 6) is -1.18. The van der Waals surface area contributed by atoms with E-state index in [0.29, 0.717) is 5.82 Å². The van der Waals surface area contributed by atoms with Crippen molar-refractivity contribution in [3.05, 3.63) is 30.1 Å². The molecule has 0 fully saturated rings. The second-order valence-electron chi connectivity index (χ2n) is 3.06. The van der Waals surface area contributed by atoms with Crippen LogP contribution in [-0.2, 0) is 7.05 Å². The van der Waals surface area contributed by atoms with E-state index in [1.54, 1.807) is 7.05 Å². The zero-order chi connectivity index (χ0) is 11.0. The Kier molecular flexibility index (Phi) is 2.11. The highest BCUT2D eigenvalue weighted by Gasteiger charge is 2.15. The van der Waals surface area contributed by atoms with Crippen molar-refractivity contribution in [3.63, 3.8) is 0 Å². The lowest BCUT2D eigenvalue weighted by atomic mass is 10.2. The molecule has 0 atom stereocenters. The fraction of sp³-hybridized carbons (Fsp3) is 0.111. The zero-order valence-corrected chi connectivity index (χ0v) is 7.91. The van der Waals surface area contributed by atoms with Crippen molar-refractivity contribution >= 4 is 5.82 Å². The van der Waals surface area contributed by atoms with E-state index < -0.39 is 11.6 Å². The van der Waals surface area contributed by atoms with Crippen LogP contribution in [0, 0.1) is 11.6 Å². The predicted octanol–water partition coefficient (Wildman–Crippen LogP) is 1.34. The largest absolute Gasteiger partial charge is 0.384 e. The highest BCUT2D eigenvalue weighted by molar-refractivity contribution is 5.63. The second kappa shape index (κ2) is 3.30. The molecule has 0 aromatic carbocycles. The van der Waals surface area contributed by atoms with E-state index in [-0.39, 0.29) is 11.3 Å². The summed E-state index contributed by atoms with van der Waals surface area (Å²) in [5, 5.41) is 3.89. The molecule has 0 radical (unpaired) electrons. The van der Waals surface area contributed by atoms with Gasteiger partial charge in [0.25, 0.3) is 0 Å². The molecule has 0 saturated carbocycles. The Hall–Kier alpha value is -1.98. The first kappa shape index (κ1) is 9.57. The van der Waals surface area contributed by atoms with Gasteiger partial charge in [-0.2, -0.15) is 5.10 Å². The van der Waals surface area contributed by atoms with Gasteiger partial charge < -0.3 is 5.73 Å². The highest BCUT2D eigenvalue weighted by atomic mass is 19.1. The Morgan fingerprint density at radius 3 is 2.33 bits per heavy atom. The van der Waals surface area contributed by atoms with Gasteiger partial charge in [0.1, 0.15) is 11.5 Å². The Morgan fingerprint density at radius 1 is 1.27 bits per heavy atom. The molecule has 0 aliphatic heterocycles. The first-order valence-corrected chi connectivity index (χ1v) is 4.18. The van der Waals surface area contributed by atoms with Gasteiger partial charge >= 0.3 is 0 Å². The van der Waals surface area contributed by atoms with Gasteiger partial charge in [-0.25, -0.2) is 8.78 Å². The van der Waals surface area contributed by atoms with Gasteiger partial charge in [-0.3, -0.25) is 9.67 Å². The minimum absolute atomic E-state index is 0.160. The maximum absolute atomic E-state index is 13.3. The summed E-state index contributed by atoms with van der Waals surface area (Å²) in [6, 6.07) is 1.40. The molecule has 0 spiro atoms. The summed E-state index contributed by atoms with van der Waals surface area (Å²) in [6.45, 7) is 0. The van der Waals surface area contributed by atoms with Gasteiger partial charge in [0.05, 0.1) is 18.0 Å². The van der Waals surface area contributed by atoms with Crippen molar-refractivity contribution in [2.24, 2.45) is 7.05 Å². The Morgan fingerprint density at radius 2 is 1.87 bits per heavy atom. The van der Waals surface area contributed by atoms with Gasteiger partial charge in [0.15, 0.2) is 11.6 Å². The minimum Gasteiger partial charge on any atom is -0.384 e. The van der Waals surface area contributed by atoms with E-state index in [0.717, 1.165) is 12.4 Å². The average molecular weight is 210 g/mol. The molecular formula is C9H8F2N4. The number of hydrogen-bond donors (Lipinski definition) is 1. The van der Waals surface area contributed by atoms with E-state index in [2.05, 4.69) is 10.1 Å². The van der Waals surface area contributed by atoms with Crippen LogP contribution in [0.4, 0.5) is 14.6 Å². The Bertz CT molecular complexity index is 467. The molecule has 0 saturated heterocycles. The topological polar surface area (TPSA) is 56.7 Å². The summed E-state index contributed by atoms with van der Waals surface area (Å²) in [5.41, 5.74) is 5.47. The van der Waals surface area contributed by atoms with Crippen molar-refractivity contribution in [2.45, 2.75) is 0 Å². The fourth-order valence-corrected chi connectivity index (χ4v) is 1.26. The van der Waals surface area contributed by atoms with E-state index >= 15 is 0 Å². The molecule has 0 amide bonds. The van der Waals surface area contributed by atoms with Crippen LogP contribution in [0.25, 0.3) is 11.3 Å². The van der Waals surface area contributed by atoms with Crippen LogP contribution in [0.15, 0.2) is 18.5 Å². The van der Waals surface area contributed by atoms with Crippen molar-refractivity contribution in [3.8, 4) is 11.3 Å². The van der Waals surface area contributed by atoms with Crippen molar-refractivity contribution in [2.75, 3.05) is 5.73 Å². The lowest BCUT2D eigenvalue weighted by Gasteiger charge is -1.99. The molecule has 2 aromatic rings. The number of halogens is 2. The zero-order valence-electron chi connectivity index (χ0n) is 7.91. The van der Waals surface area contributed by atoms with E-state index in [1.807, 2.05) is 0 Å². The molecule has 6 heteroatoms. The monoisotopic (exact) mass is 210 g/mol. The molecule has 78 valence electrons. The van der Waals surface area contributed by atoms with Crippen LogP contribution in [-0.4, -0.2) is 14.8 Å². The highest BCUT2D eigenvalue weighted by Crippen LogP contribution is 2.24. The van der Waals surface area contributed by atoms with Crippen LogP contribution < -0.4 is 5.73 Å². The minimum atomic E-state index is -0.756. The normalized spacial score (nSPS) is 10.6. The first-order valence-electron chi connectivity index (χ1n) is 4.18. The van der Waals surface area contributed by atoms with Gasteiger partial charge in [-0.15, -0.1) is 0 Å². The third-order valence-corrected chi connectivity index (χ3v) is 2.03. The number of aromatic nitrogens is 3.